The molecule has 3 rings (SSSR count). The van der Waals surface area contributed by atoms with E-state index in [0.717, 1.165) is 4.90 Å². The topological polar surface area (TPSA) is 63.7 Å². The molecule has 0 aliphatic carbocycles. The fourth-order valence-electron chi connectivity index (χ4n) is 2.49. The van der Waals surface area contributed by atoms with Crippen LogP contribution in [0.4, 0.5) is 5.69 Å². The van der Waals surface area contributed by atoms with Crippen LogP contribution in [0.15, 0.2) is 48.5 Å². The fourth-order valence-corrected chi connectivity index (χ4v) is 2.62. The van der Waals surface area contributed by atoms with Crippen molar-refractivity contribution in [3.8, 4) is 5.75 Å². The molecular weight excluding hydrogens is 330 g/mol. The number of ketones is 1. The molecule has 0 spiro atoms. The first kappa shape index (κ1) is 16.2. The first-order valence-electron chi connectivity index (χ1n) is 7.36. The van der Waals surface area contributed by atoms with Gasteiger partial charge in [-0.3, -0.25) is 14.4 Å². The lowest BCUT2D eigenvalue weighted by molar-refractivity contribution is -0.123. The summed E-state index contributed by atoms with van der Waals surface area (Å²) in [6, 6.07) is 12.9. The van der Waals surface area contributed by atoms with Gasteiger partial charge in [-0.15, -0.1) is 0 Å². The predicted molar refractivity (Wildman–Crippen MR) is 89.4 cm³/mol. The number of carbonyl (C=O) groups is 3. The van der Waals surface area contributed by atoms with Gasteiger partial charge < -0.3 is 4.74 Å². The van der Waals surface area contributed by atoms with E-state index in [1.54, 1.807) is 48.5 Å². The van der Waals surface area contributed by atoms with Gasteiger partial charge in [0.15, 0.2) is 11.9 Å². The quantitative estimate of drug-likeness (QED) is 0.631. The highest BCUT2D eigenvalue weighted by Gasteiger charge is 2.41. The Morgan fingerprint density at radius 3 is 2.29 bits per heavy atom. The van der Waals surface area contributed by atoms with E-state index >= 15 is 0 Å². The van der Waals surface area contributed by atoms with Gasteiger partial charge in [0.2, 0.25) is 5.91 Å². The second kappa shape index (κ2) is 6.45. The largest absolute Gasteiger partial charge is 0.480 e. The van der Waals surface area contributed by atoms with Crippen LogP contribution in [0.25, 0.3) is 0 Å². The maximum absolute atomic E-state index is 12.5. The fraction of sp³-hybridized carbons (Fsp3) is 0.167. The number of carbonyl (C=O) groups excluding carboxylic acids is 3. The molecule has 24 heavy (non-hydrogen) atoms. The molecule has 1 atom stereocenters. The van der Waals surface area contributed by atoms with Crippen molar-refractivity contribution in [1.82, 2.24) is 0 Å². The minimum atomic E-state index is -0.869. The number of ether oxygens (including phenoxy) is 1. The SMILES string of the molecule is CC(=O)c1ccc(N2C(=O)CC(Oc3ccc(Cl)cc3)C2=O)cc1. The molecule has 0 saturated carbocycles. The summed E-state index contributed by atoms with van der Waals surface area (Å²) in [7, 11) is 0. The zero-order valence-electron chi connectivity index (χ0n) is 12.9. The summed E-state index contributed by atoms with van der Waals surface area (Å²) in [6.45, 7) is 1.46. The molecule has 1 heterocycles. The molecule has 0 bridgehead atoms. The lowest BCUT2D eigenvalue weighted by Gasteiger charge is -2.16. The minimum absolute atomic E-state index is 0.0318. The molecule has 1 saturated heterocycles. The molecule has 1 aliphatic rings. The first-order chi connectivity index (χ1) is 11.5. The van der Waals surface area contributed by atoms with Gasteiger partial charge in [0.1, 0.15) is 5.75 Å². The summed E-state index contributed by atoms with van der Waals surface area (Å²) < 4.78 is 5.60. The van der Waals surface area contributed by atoms with Crippen LogP contribution < -0.4 is 9.64 Å². The third kappa shape index (κ3) is 3.16. The average Bonchev–Trinajstić information content (AvgIpc) is 2.83. The highest BCUT2D eigenvalue weighted by molar-refractivity contribution is 6.30. The third-order valence-electron chi connectivity index (χ3n) is 3.73. The summed E-state index contributed by atoms with van der Waals surface area (Å²) in [5.74, 6) is -0.371. The van der Waals surface area contributed by atoms with Crippen molar-refractivity contribution in [2.75, 3.05) is 4.90 Å². The van der Waals surface area contributed by atoms with Crippen molar-refractivity contribution >= 4 is 34.9 Å². The van der Waals surface area contributed by atoms with Crippen molar-refractivity contribution in [1.29, 1.82) is 0 Å². The number of benzene rings is 2. The molecule has 0 N–H and O–H groups in total. The summed E-state index contributed by atoms with van der Waals surface area (Å²) >= 11 is 5.81. The van der Waals surface area contributed by atoms with Crippen molar-refractivity contribution < 1.29 is 19.1 Å². The van der Waals surface area contributed by atoms with Gasteiger partial charge >= 0.3 is 0 Å². The van der Waals surface area contributed by atoms with E-state index in [1.165, 1.54) is 6.92 Å². The molecule has 0 aromatic heterocycles. The van der Waals surface area contributed by atoms with Gasteiger partial charge in [-0.1, -0.05) is 11.6 Å². The summed E-state index contributed by atoms with van der Waals surface area (Å²) in [6.07, 6.45) is -0.901. The van der Waals surface area contributed by atoms with E-state index in [4.69, 9.17) is 16.3 Å². The van der Waals surface area contributed by atoms with E-state index in [9.17, 15) is 14.4 Å². The number of rotatable bonds is 4. The van der Waals surface area contributed by atoms with E-state index < -0.39 is 12.0 Å². The minimum Gasteiger partial charge on any atom is -0.480 e. The Labute approximate surface area is 143 Å². The van der Waals surface area contributed by atoms with Gasteiger partial charge in [0, 0.05) is 10.6 Å². The zero-order chi connectivity index (χ0) is 17.3. The van der Waals surface area contributed by atoms with Crippen LogP contribution in [-0.2, 0) is 9.59 Å². The number of anilines is 1. The number of Topliss-reactive ketones (excluding diaryl/α,β-unsaturated/α-hetero) is 1. The zero-order valence-corrected chi connectivity index (χ0v) is 13.6. The molecule has 6 heteroatoms. The van der Waals surface area contributed by atoms with Crippen LogP contribution >= 0.6 is 11.6 Å². The molecule has 5 nitrogen and oxygen atoms in total. The molecule has 1 aliphatic heterocycles. The van der Waals surface area contributed by atoms with E-state index in [-0.39, 0.29) is 18.1 Å². The molecule has 122 valence electrons. The first-order valence-corrected chi connectivity index (χ1v) is 7.73. The molecule has 1 fully saturated rings. The number of amides is 2. The molecule has 1 unspecified atom stereocenters. The van der Waals surface area contributed by atoms with Gasteiger partial charge in [-0.25, -0.2) is 4.90 Å². The molecule has 2 aromatic carbocycles. The van der Waals surface area contributed by atoms with Crippen LogP contribution in [0.1, 0.15) is 23.7 Å². The average molecular weight is 344 g/mol. The highest BCUT2D eigenvalue weighted by atomic mass is 35.5. The van der Waals surface area contributed by atoms with Gasteiger partial charge in [-0.2, -0.15) is 0 Å². The van der Waals surface area contributed by atoms with Gasteiger partial charge in [0.05, 0.1) is 12.1 Å². The Balaban J connectivity index is 1.78. The summed E-state index contributed by atoms with van der Waals surface area (Å²) in [5.41, 5.74) is 0.948. The molecule has 2 amide bonds. The lowest BCUT2D eigenvalue weighted by Crippen LogP contribution is -2.33. The van der Waals surface area contributed by atoms with Crippen LogP contribution in [0.3, 0.4) is 0 Å². The summed E-state index contributed by atoms with van der Waals surface area (Å²) in [4.78, 5) is 37.1. The number of imide groups is 1. The summed E-state index contributed by atoms with van der Waals surface area (Å²) in [5, 5.41) is 0.559. The Morgan fingerprint density at radius 2 is 1.71 bits per heavy atom. The van der Waals surface area contributed by atoms with Crippen LogP contribution in [0, 0.1) is 0 Å². The maximum Gasteiger partial charge on any atom is 0.275 e. The third-order valence-corrected chi connectivity index (χ3v) is 3.98. The van der Waals surface area contributed by atoms with Gasteiger partial charge in [0.25, 0.3) is 5.91 Å². The second-order valence-electron chi connectivity index (χ2n) is 5.43. The molecule has 0 radical (unpaired) electrons. The van der Waals surface area contributed by atoms with Crippen LogP contribution in [-0.4, -0.2) is 23.7 Å². The normalized spacial score (nSPS) is 17.2. The van der Waals surface area contributed by atoms with E-state index in [1.807, 2.05) is 0 Å². The van der Waals surface area contributed by atoms with Crippen molar-refractivity contribution in [3.05, 3.63) is 59.1 Å². The Kier molecular flexibility index (Phi) is 4.36. The maximum atomic E-state index is 12.5. The van der Waals surface area contributed by atoms with Crippen molar-refractivity contribution in [2.24, 2.45) is 0 Å². The number of nitrogens with zero attached hydrogens (tertiary/aromatic N) is 1. The molecular formula is C18H14ClNO4. The van der Waals surface area contributed by atoms with E-state index in [0.29, 0.717) is 22.0 Å². The van der Waals surface area contributed by atoms with E-state index in [2.05, 4.69) is 0 Å². The van der Waals surface area contributed by atoms with Crippen LogP contribution in [0.5, 0.6) is 5.75 Å². The lowest BCUT2D eigenvalue weighted by atomic mass is 10.1. The second-order valence-corrected chi connectivity index (χ2v) is 5.87. The van der Waals surface area contributed by atoms with Crippen molar-refractivity contribution in [3.63, 3.8) is 0 Å². The monoisotopic (exact) mass is 343 g/mol. The molecule has 2 aromatic rings. The predicted octanol–water partition coefficient (Wildman–Crippen LogP) is 3.25. The number of halogens is 1. The van der Waals surface area contributed by atoms with Crippen LogP contribution in [0.2, 0.25) is 5.02 Å². The van der Waals surface area contributed by atoms with Gasteiger partial charge in [-0.05, 0) is 55.5 Å². The Hall–Kier alpha value is -2.66. The number of hydrogen-bond donors (Lipinski definition) is 0. The number of hydrogen-bond acceptors (Lipinski definition) is 4. The smallest absolute Gasteiger partial charge is 0.275 e. The Morgan fingerprint density at radius 1 is 1.08 bits per heavy atom. The standard InChI is InChI=1S/C18H14ClNO4/c1-11(21)12-2-6-14(7-3-12)20-17(22)10-16(18(20)23)24-15-8-4-13(19)5-9-15/h2-9,16H,10H2,1H3. The van der Waals surface area contributed by atoms with Crippen molar-refractivity contribution in [2.45, 2.75) is 19.4 Å². The Bertz CT molecular complexity index is 799. The highest BCUT2D eigenvalue weighted by Crippen LogP contribution is 2.26.